The van der Waals surface area contributed by atoms with Gasteiger partial charge in [-0.3, -0.25) is 9.20 Å². The zero-order valence-electron chi connectivity index (χ0n) is 15.2. The summed E-state index contributed by atoms with van der Waals surface area (Å²) in [6.07, 6.45) is 2.84. The Morgan fingerprint density at radius 2 is 1.92 bits per heavy atom. The van der Waals surface area contributed by atoms with Crippen LogP contribution in [0.15, 0.2) is 54.7 Å². The van der Waals surface area contributed by atoms with Crippen LogP contribution >= 0.6 is 11.6 Å². The molecule has 0 radical (unpaired) electrons. The lowest BCUT2D eigenvalue weighted by Crippen LogP contribution is -2.30. The minimum atomic E-state index is -0.0983. The highest BCUT2D eigenvalue weighted by molar-refractivity contribution is 6.16. The number of halogens is 1. The molecule has 136 valence electrons. The van der Waals surface area contributed by atoms with E-state index < -0.39 is 0 Å². The number of alkyl halides is 1. The third kappa shape index (κ3) is 4.25. The molecule has 0 aliphatic heterocycles. The zero-order valence-corrected chi connectivity index (χ0v) is 15.9. The molecular formula is C21H24ClN3O. The minimum absolute atomic E-state index is 0.0983. The minimum Gasteiger partial charge on any atom is -0.350 e. The lowest BCUT2D eigenvalue weighted by molar-refractivity contribution is 0.0943. The van der Waals surface area contributed by atoms with E-state index in [-0.39, 0.29) is 5.91 Å². The van der Waals surface area contributed by atoms with Crippen LogP contribution in [0.4, 0.5) is 0 Å². The number of nitrogens with one attached hydrogen (secondary N) is 1. The Morgan fingerprint density at radius 3 is 2.62 bits per heavy atom. The molecule has 5 heteroatoms. The van der Waals surface area contributed by atoms with Gasteiger partial charge in [0.2, 0.25) is 0 Å². The van der Waals surface area contributed by atoms with E-state index in [2.05, 4.69) is 36.3 Å². The van der Waals surface area contributed by atoms with Crippen LogP contribution in [0.1, 0.15) is 47.9 Å². The summed E-state index contributed by atoms with van der Waals surface area (Å²) in [5, 5.41) is 3.10. The van der Waals surface area contributed by atoms with Crippen molar-refractivity contribution in [1.82, 2.24) is 14.7 Å². The number of rotatable bonds is 7. The molecule has 0 saturated heterocycles. The normalized spacial score (nSPS) is 12.5. The van der Waals surface area contributed by atoms with Gasteiger partial charge < -0.3 is 5.32 Å². The van der Waals surface area contributed by atoms with E-state index in [1.807, 2.05) is 42.6 Å². The molecule has 1 amide bonds. The summed E-state index contributed by atoms with van der Waals surface area (Å²) >= 11 is 5.87. The van der Waals surface area contributed by atoms with Crippen LogP contribution in [0.2, 0.25) is 0 Å². The van der Waals surface area contributed by atoms with Gasteiger partial charge in [-0.05, 0) is 30.0 Å². The first kappa shape index (κ1) is 18.5. The Balaban J connectivity index is 1.77. The smallest absolute Gasteiger partial charge is 0.268 e. The number of nitrogens with zero attached hydrogens (tertiary/aromatic N) is 2. The summed E-state index contributed by atoms with van der Waals surface area (Å²) in [4.78, 5) is 17.2. The van der Waals surface area contributed by atoms with Gasteiger partial charge in [-0.15, -0.1) is 11.6 Å². The maximum atomic E-state index is 12.8. The van der Waals surface area contributed by atoms with Crippen molar-refractivity contribution in [3.8, 4) is 0 Å². The van der Waals surface area contributed by atoms with Gasteiger partial charge >= 0.3 is 0 Å². The molecule has 3 rings (SSSR count). The van der Waals surface area contributed by atoms with Gasteiger partial charge in [0.1, 0.15) is 11.3 Å². The molecule has 2 heterocycles. The van der Waals surface area contributed by atoms with E-state index in [1.165, 1.54) is 5.56 Å². The number of hydrogen-bond donors (Lipinski definition) is 1. The number of imidazole rings is 1. The second-order valence-electron chi connectivity index (χ2n) is 6.95. The van der Waals surface area contributed by atoms with Crippen molar-refractivity contribution in [3.05, 3.63) is 71.7 Å². The van der Waals surface area contributed by atoms with Crippen molar-refractivity contribution >= 4 is 23.2 Å². The molecule has 0 spiro atoms. The summed E-state index contributed by atoms with van der Waals surface area (Å²) < 4.78 is 1.80. The second-order valence-corrected chi connectivity index (χ2v) is 7.22. The molecule has 2 aromatic heterocycles. The van der Waals surface area contributed by atoms with Crippen molar-refractivity contribution in [2.45, 2.75) is 32.1 Å². The molecule has 0 aliphatic carbocycles. The van der Waals surface area contributed by atoms with Crippen LogP contribution in [0.25, 0.3) is 5.65 Å². The number of fused-ring (bicyclic) bond motifs is 1. The Labute approximate surface area is 159 Å². The van der Waals surface area contributed by atoms with Crippen LogP contribution in [0.5, 0.6) is 0 Å². The topological polar surface area (TPSA) is 46.4 Å². The standard InChI is InChI=1S/C21H24ClN3O/c1-15(2)11-17(16-7-4-3-5-8-16)13-23-21(26)19-9-6-10-20-24-18(12-22)14-25(19)20/h3-10,14-15,17H,11-13H2,1-2H3,(H,23,26). The predicted octanol–water partition coefficient (Wildman–Crippen LogP) is 4.63. The highest BCUT2D eigenvalue weighted by Crippen LogP contribution is 2.23. The predicted molar refractivity (Wildman–Crippen MR) is 106 cm³/mol. The summed E-state index contributed by atoms with van der Waals surface area (Å²) in [5.74, 6) is 1.08. The maximum Gasteiger partial charge on any atom is 0.268 e. The second kappa shape index (κ2) is 8.37. The summed E-state index contributed by atoms with van der Waals surface area (Å²) in [6, 6.07) is 15.9. The number of pyridine rings is 1. The monoisotopic (exact) mass is 369 g/mol. The van der Waals surface area contributed by atoms with E-state index in [1.54, 1.807) is 4.40 Å². The molecule has 1 N–H and O–H groups in total. The number of benzene rings is 1. The average molecular weight is 370 g/mol. The van der Waals surface area contributed by atoms with Crippen molar-refractivity contribution in [1.29, 1.82) is 0 Å². The van der Waals surface area contributed by atoms with Gasteiger partial charge in [0.15, 0.2) is 0 Å². The van der Waals surface area contributed by atoms with Crippen LogP contribution in [-0.4, -0.2) is 21.8 Å². The number of carbonyl (C=O) groups is 1. The SMILES string of the molecule is CC(C)CC(CNC(=O)c1cccc2nc(CCl)cn12)c1ccccc1. The molecule has 0 aliphatic rings. The van der Waals surface area contributed by atoms with E-state index in [9.17, 15) is 4.79 Å². The molecule has 1 atom stereocenters. The first-order valence-electron chi connectivity index (χ1n) is 8.94. The molecular weight excluding hydrogens is 346 g/mol. The number of amides is 1. The summed E-state index contributed by atoms with van der Waals surface area (Å²) in [5.41, 5.74) is 3.32. The lowest BCUT2D eigenvalue weighted by atomic mass is 9.90. The van der Waals surface area contributed by atoms with Crippen molar-refractivity contribution in [2.75, 3.05) is 6.54 Å². The van der Waals surface area contributed by atoms with Gasteiger partial charge in [-0.2, -0.15) is 0 Å². The lowest BCUT2D eigenvalue weighted by Gasteiger charge is -2.20. The number of hydrogen-bond acceptors (Lipinski definition) is 2. The quantitative estimate of drug-likeness (QED) is 0.617. The average Bonchev–Trinajstić information content (AvgIpc) is 3.08. The Morgan fingerprint density at radius 1 is 1.15 bits per heavy atom. The highest BCUT2D eigenvalue weighted by atomic mass is 35.5. The zero-order chi connectivity index (χ0) is 18.5. The molecule has 1 unspecified atom stereocenters. The van der Waals surface area contributed by atoms with Crippen molar-refractivity contribution in [2.24, 2.45) is 5.92 Å². The Hall–Kier alpha value is -2.33. The van der Waals surface area contributed by atoms with Crippen molar-refractivity contribution in [3.63, 3.8) is 0 Å². The van der Waals surface area contributed by atoms with E-state index in [0.29, 0.717) is 30.0 Å². The van der Waals surface area contributed by atoms with Crippen LogP contribution in [-0.2, 0) is 5.88 Å². The molecule has 3 aromatic rings. The van der Waals surface area contributed by atoms with Crippen molar-refractivity contribution < 1.29 is 4.79 Å². The Kier molecular flexibility index (Phi) is 5.94. The molecule has 26 heavy (non-hydrogen) atoms. The fourth-order valence-corrected chi connectivity index (χ4v) is 3.38. The maximum absolute atomic E-state index is 12.8. The fourth-order valence-electron chi connectivity index (χ4n) is 3.25. The van der Waals surface area contributed by atoms with Gasteiger partial charge in [0.05, 0.1) is 11.6 Å². The van der Waals surface area contributed by atoms with E-state index in [0.717, 1.165) is 17.8 Å². The molecule has 0 fully saturated rings. The molecule has 0 saturated carbocycles. The van der Waals surface area contributed by atoms with Gasteiger partial charge in [-0.1, -0.05) is 50.2 Å². The number of carbonyl (C=O) groups excluding carboxylic acids is 1. The van der Waals surface area contributed by atoms with Crippen LogP contribution in [0.3, 0.4) is 0 Å². The molecule has 4 nitrogen and oxygen atoms in total. The van der Waals surface area contributed by atoms with Gasteiger partial charge in [-0.25, -0.2) is 4.98 Å². The molecule has 1 aromatic carbocycles. The Bertz CT molecular complexity index is 873. The summed E-state index contributed by atoms with van der Waals surface area (Å²) in [7, 11) is 0. The van der Waals surface area contributed by atoms with Crippen LogP contribution < -0.4 is 5.32 Å². The van der Waals surface area contributed by atoms with Crippen LogP contribution in [0, 0.1) is 5.92 Å². The molecule has 0 bridgehead atoms. The fraction of sp³-hybridized carbons (Fsp3) is 0.333. The van der Waals surface area contributed by atoms with E-state index >= 15 is 0 Å². The van der Waals surface area contributed by atoms with Gasteiger partial charge in [0, 0.05) is 18.7 Å². The van der Waals surface area contributed by atoms with Gasteiger partial charge in [0.25, 0.3) is 5.91 Å². The number of aromatic nitrogens is 2. The highest BCUT2D eigenvalue weighted by Gasteiger charge is 2.17. The first-order chi connectivity index (χ1) is 12.6. The largest absolute Gasteiger partial charge is 0.350 e. The third-order valence-corrected chi connectivity index (χ3v) is 4.72. The van der Waals surface area contributed by atoms with E-state index in [4.69, 9.17) is 11.6 Å². The first-order valence-corrected chi connectivity index (χ1v) is 9.48. The summed E-state index contributed by atoms with van der Waals surface area (Å²) in [6.45, 7) is 5.02. The third-order valence-electron chi connectivity index (χ3n) is 4.45.